The van der Waals surface area contributed by atoms with Gasteiger partial charge in [-0.05, 0) is 73.5 Å². The molecule has 2 fully saturated rings. The summed E-state index contributed by atoms with van der Waals surface area (Å²) >= 11 is 0. The monoisotopic (exact) mass is 582 g/mol. The molecule has 6 rings (SSSR count). The molecule has 2 aliphatic heterocycles. The van der Waals surface area contributed by atoms with Crippen molar-refractivity contribution in [1.82, 2.24) is 9.21 Å². The zero-order valence-corrected chi connectivity index (χ0v) is 24.6. The van der Waals surface area contributed by atoms with Gasteiger partial charge in [-0.3, -0.25) is 9.59 Å². The standard InChI is InChI=1S/C33H34N4O4S/c1-24-15-16-27(21-25(24)2)34-31(38)22-35-23-37(28-11-4-3-5-12-28)33(32(35)39)17-19-36(20-18-33)42(40,41)30-14-8-10-26-9-6-7-13-29(26)30/h3-16,21H,17-20,22-23H2,1-2H3,(H,34,38). The predicted octanol–water partition coefficient (Wildman–Crippen LogP) is 4.92. The van der Waals surface area contributed by atoms with Crippen molar-refractivity contribution >= 4 is 44.0 Å². The molecule has 0 bridgehead atoms. The number of para-hydroxylation sites is 1. The van der Waals surface area contributed by atoms with Crippen molar-refractivity contribution in [2.75, 3.05) is 36.5 Å². The molecule has 4 aromatic carbocycles. The van der Waals surface area contributed by atoms with E-state index in [1.54, 1.807) is 17.0 Å². The lowest BCUT2D eigenvalue weighted by Crippen LogP contribution is -2.57. The molecule has 2 aliphatic rings. The summed E-state index contributed by atoms with van der Waals surface area (Å²) in [6.45, 7) is 4.56. The molecule has 2 amide bonds. The normalized spacial score (nSPS) is 17.2. The fraction of sp³-hybridized carbons (Fsp3) is 0.273. The topological polar surface area (TPSA) is 90.0 Å². The fourth-order valence-electron chi connectivity index (χ4n) is 6.17. The summed E-state index contributed by atoms with van der Waals surface area (Å²) in [7, 11) is -3.78. The van der Waals surface area contributed by atoms with Gasteiger partial charge in [-0.2, -0.15) is 4.31 Å². The third-order valence-corrected chi connectivity index (χ3v) is 10.6. The Morgan fingerprint density at radius 3 is 2.29 bits per heavy atom. The van der Waals surface area contributed by atoms with Gasteiger partial charge in [0.25, 0.3) is 0 Å². The van der Waals surface area contributed by atoms with E-state index >= 15 is 0 Å². The average molecular weight is 583 g/mol. The molecule has 2 heterocycles. The number of hydrogen-bond donors (Lipinski definition) is 1. The van der Waals surface area contributed by atoms with Crippen molar-refractivity contribution in [3.8, 4) is 0 Å². The second-order valence-corrected chi connectivity index (χ2v) is 13.1. The van der Waals surface area contributed by atoms with Crippen LogP contribution in [0.15, 0.2) is 95.9 Å². The van der Waals surface area contributed by atoms with E-state index in [0.717, 1.165) is 22.2 Å². The summed E-state index contributed by atoms with van der Waals surface area (Å²) in [6.07, 6.45) is 0.639. The van der Waals surface area contributed by atoms with Gasteiger partial charge in [0.2, 0.25) is 21.8 Å². The minimum Gasteiger partial charge on any atom is -0.339 e. The lowest BCUT2D eigenvalue weighted by Gasteiger charge is -2.42. The van der Waals surface area contributed by atoms with Crippen molar-refractivity contribution in [1.29, 1.82) is 0 Å². The number of sulfonamides is 1. The van der Waals surface area contributed by atoms with Gasteiger partial charge in [-0.1, -0.05) is 60.7 Å². The zero-order chi connectivity index (χ0) is 29.5. The number of nitrogens with zero attached hydrogens (tertiary/aromatic N) is 3. The van der Waals surface area contributed by atoms with Crippen LogP contribution in [-0.4, -0.2) is 61.3 Å². The Morgan fingerprint density at radius 1 is 0.857 bits per heavy atom. The largest absolute Gasteiger partial charge is 0.339 e. The highest BCUT2D eigenvalue weighted by Crippen LogP contribution is 2.41. The smallest absolute Gasteiger partial charge is 0.250 e. The number of fused-ring (bicyclic) bond motifs is 1. The highest BCUT2D eigenvalue weighted by atomic mass is 32.2. The lowest BCUT2D eigenvalue weighted by molar-refractivity contribution is -0.136. The van der Waals surface area contributed by atoms with Gasteiger partial charge in [0, 0.05) is 29.9 Å². The van der Waals surface area contributed by atoms with E-state index in [2.05, 4.69) is 5.32 Å². The van der Waals surface area contributed by atoms with Gasteiger partial charge in [-0.25, -0.2) is 8.42 Å². The molecule has 0 aliphatic carbocycles. The Morgan fingerprint density at radius 2 is 1.55 bits per heavy atom. The van der Waals surface area contributed by atoms with Crippen LogP contribution in [0.5, 0.6) is 0 Å². The lowest BCUT2D eigenvalue weighted by atomic mass is 9.86. The molecule has 4 aromatic rings. The summed E-state index contributed by atoms with van der Waals surface area (Å²) in [4.78, 5) is 31.1. The van der Waals surface area contributed by atoms with E-state index in [0.29, 0.717) is 23.9 Å². The maximum absolute atomic E-state index is 14.1. The van der Waals surface area contributed by atoms with Crippen LogP contribution in [0.4, 0.5) is 11.4 Å². The molecular weight excluding hydrogens is 548 g/mol. The number of carbonyl (C=O) groups is 2. The van der Waals surface area contributed by atoms with Gasteiger partial charge >= 0.3 is 0 Å². The fourth-order valence-corrected chi connectivity index (χ4v) is 7.83. The van der Waals surface area contributed by atoms with E-state index in [4.69, 9.17) is 0 Å². The molecular formula is C33H34N4O4S. The van der Waals surface area contributed by atoms with Crippen LogP contribution in [0.2, 0.25) is 0 Å². The quantitative estimate of drug-likeness (QED) is 0.349. The molecule has 2 saturated heterocycles. The predicted molar refractivity (Wildman–Crippen MR) is 165 cm³/mol. The van der Waals surface area contributed by atoms with Crippen LogP contribution in [0.3, 0.4) is 0 Å². The van der Waals surface area contributed by atoms with Crippen LogP contribution in [0.25, 0.3) is 10.8 Å². The summed E-state index contributed by atoms with van der Waals surface area (Å²) in [5.74, 6) is -0.420. The van der Waals surface area contributed by atoms with Crippen LogP contribution in [-0.2, 0) is 19.6 Å². The number of amides is 2. The Hall–Kier alpha value is -4.21. The van der Waals surface area contributed by atoms with Crippen molar-refractivity contribution < 1.29 is 18.0 Å². The summed E-state index contributed by atoms with van der Waals surface area (Å²) in [5.41, 5.74) is 2.83. The number of hydrogen-bond acceptors (Lipinski definition) is 5. The van der Waals surface area contributed by atoms with Gasteiger partial charge < -0.3 is 15.1 Å². The van der Waals surface area contributed by atoms with E-state index in [1.807, 2.05) is 97.6 Å². The molecule has 1 N–H and O–H groups in total. The van der Waals surface area contributed by atoms with Gasteiger partial charge in [0.05, 0.1) is 11.6 Å². The average Bonchev–Trinajstić information content (AvgIpc) is 3.25. The third-order valence-electron chi connectivity index (χ3n) is 8.62. The Labute approximate surface area is 246 Å². The van der Waals surface area contributed by atoms with Crippen molar-refractivity contribution in [3.63, 3.8) is 0 Å². The number of benzene rings is 4. The van der Waals surface area contributed by atoms with Crippen LogP contribution in [0.1, 0.15) is 24.0 Å². The second kappa shape index (κ2) is 10.9. The molecule has 8 nitrogen and oxygen atoms in total. The number of anilines is 2. The first-order valence-corrected chi connectivity index (χ1v) is 15.6. The third kappa shape index (κ3) is 4.92. The minimum atomic E-state index is -3.78. The molecule has 1 spiro atoms. The molecule has 216 valence electrons. The van der Waals surface area contributed by atoms with Crippen LogP contribution < -0.4 is 10.2 Å². The molecule has 9 heteroatoms. The van der Waals surface area contributed by atoms with E-state index in [1.165, 1.54) is 4.31 Å². The summed E-state index contributed by atoms with van der Waals surface area (Å²) in [6, 6.07) is 28.2. The molecule has 0 atom stereocenters. The molecule has 0 saturated carbocycles. The van der Waals surface area contributed by atoms with Gasteiger partial charge in [0.1, 0.15) is 12.1 Å². The first-order valence-electron chi connectivity index (χ1n) is 14.2. The highest BCUT2D eigenvalue weighted by molar-refractivity contribution is 7.89. The maximum atomic E-state index is 14.1. The second-order valence-electron chi connectivity index (χ2n) is 11.2. The SMILES string of the molecule is Cc1ccc(NC(=O)CN2CN(c3ccccc3)C3(CCN(S(=O)(=O)c4cccc5ccccc45)CC3)C2=O)cc1C. The summed E-state index contributed by atoms with van der Waals surface area (Å²) < 4.78 is 29.2. The highest BCUT2D eigenvalue weighted by Gasteiger charge is 2.55. The molecule has 0 unspecified atom stereocenters. The van der Waals surface area contributed by atoms with Crippen molar-refractivity contribution in [3.05, 3.63) is 102 Å². The van der Waals surface area contributed by atoms with E-state index < -0.39 is 15.6 Å². The number of piperidine rings is 1. The van der Waals surface area contributed by atoms with Gasteiger partial charge in [0.15, 0.2) is 0 Å². The number of rotatable bonds is 6. The van der Waals surface area contributed by atoms with Crippen molar-refractivity contribution in [2.24, 2.45) is 0 Å². The maximum Gasteiger partial charge on any atom is 0.250 e. The summed E-state index contributed by atoms with van der Waals surface area (Å²) in [5, 5.41) is 4.47. The first kappa shape index (κ1) is 27.9. The van der Waals surface area contributed by atoms with E-state index in [-0.39, 0.29) is 43.0 Å². The van der Waals surface area contributed by atoms with Crippen LogP contribution in [0, 0.1) is 13.8 Å². The van der Waals surface area contributed by atoms with E-state index in [9.17, 15) is 18.0 Å². The van der Waals surface area contributed by atoms with Gasteiger partial charge in [-0.15, -0.1) is 0 Å². The number of carbonyl (C=O) groups excluding carboxylic acids is 2. The Kier molecular flexibility index (Phi) is 7.24. The zero-order valence-electron chi connectivity index (χ0n) is 23.8. The van der Waals surface area contributed by atoms with Crippen LogP contribution >= 0.6 is 0 Å². The minimum absolute atomic E-state index is 0.0884. The number of nitrogens with one attached hydrogen (secondary N) is 1. The first-order chi connectivity index (χ1) is 20.2. The molecule has 0 radical (unpaired) electrons. The Bertz CT molecular complexity index is 1760. The number of aryl methyl sites for hydroxylation is 2. The molecule has 42 heavy (non-hydrogen) atoms. The van der Waals surface area contributed by atoms with Crippen molar-refractivity contribution in [2.45, 2.75) is 37.1 Å². The Balaban J connectivity index is 1.24. The molecule has 0 aromatic heterocycles.